The molecule has 2 atom stereocenters. The molecule has 2 unspecified atom stereocenters. The van der Waals surface area contributed by atoms with E-state index in [1.54, 1.807) is 0 Å². The summed E-state index contributed by atoms with van der Waals surface area (Å²) >= 11 is 0. The number of piperazine rings is 1. The van der Waals surface area contributed by atoms with Gasteiger partial charge < -0.3 is 10.8 Å². The SMILES string of the molecule is CC(C)CC(N)C(CO)N1CCN(CC(F)(F)F)CC1. The molecule has 0 aromatic heterocycles. The number of nitrogens with zero attached hydrogens (tertiary/aromatic N) is 2. The second-order valence-corrected chi connectivity index (χ2v) is 5.97. The van der Waals surface area contributed by atoms with Gasteiger partial charge in [-0.25, -0.2) is 0 Å². The largest absolute Gasteiger partial charge is 0.401 e. The van der Waals surface area contributed by atoms with E-state index in [0.717, 1.165) is 6.42 Å². The van der Waals surface area contributed by atoms with Gasteiger partial charge in [0, 0.05) is 38.3 Å². The number of rotatable bonds is 6. The molecule has 7 heteroatoms. The minimum atomic E-state index is -4.15. The summed E-state index contributed by atoms with van der Waals surface area (Å²) < 4.78 is 37.0. The van der Waals surface area contributed by atoms with Crippen LogP contribution < -0.4 is 5.73 Å². The Balaban J connectivity index is 2.46. The maximum absolute atomic E-state index is 12.3. The van der Waals surface area contributed by atoms with Crippen LogP contribution in [-0.4, -0.2) is 72.5 Å². The molecule has 20 heavy (non-hydrogen) atoms. The summed E-state index contributed by atoms with van der Waals surface area (Å²) in [6.45, 7) is 5.00. The van der Waals surface area contributed by atoms with Gasteiger partial charge in [0.2, 0.25) is 0 Å². The number of aliphatic hydroxyl groups excluding tert-OH is 1. The molecule has 1 aliphatic rings. The van der Waals surface area contributed by atoms with Crippen LogP contribution in [0.4, 0.5) is 13.2 Å². The molecule has 1 fully saturated rings. The third kappa shape index (κ3) is 5.95. The lowest BCUT2D eigenvalue weighted by atomic mass is 9.97. The van der Waals surface area contributed by atoms with Crippen molar-refractivity contribution in [2.24, 2.45) is 11.7 Å². The molecule has 1 rings (SSSR count). The van der Waals surface area contributed by atoms with Gasteiger partial charge in [0.25, 0.3) is 0 Å². The van der Waals surface area contributed by atoms with E-state index in [9.17, 15) is 18.3 Å². The fourth-order valence-electron chi connectivity index (χ4n) is 2.73. The van der Waals surface area contributed by atoms with Crippen molar-refractivity contribution >= 4 is 0 Å². The smallest absolute Gasteiger partial charge is 0.395 e. The lowest BCUT2D eigenvalue weighted by Crippen LogP contribution is -2.58. The summed E-state index contributed by atoms with van der Waals surface area (Å²) in [6, 6.07) is -0.306. The maximum Gasteiger partial charge on any atom is 0.401 e. The molecule has 120 valence electrons. The van der Waals surface area contributed by atoms with Crippen molar-refractivity contribution in [1.82, 2.24) is 9.80 Å². The van der Waals surface area contributed by atoms with Crippen LogP contribution in [0.1, 0.15) is 20.3 Å². The summed E-state index contributed by atoms with van der Waals surface area (Å²) in [5.41, 5.74) is 6.10. The van der Waals surface area contributed by atoms with Gasteiger partial charge in [0.05, 0.1) is 13.2 Å². The van der Waals surface area contributed by atoms with E-state index in [4.69, 9.17) is 5.73 Å². The number of hydrogen-bond donors (Lipinski definition) is 2. The Kier molecular flexibility index (Phi) is 6.71. The minimum absolute atomic E-state index is 0.0485. The lowest BCUT2D eigenvalue weighted by Gasteiger charge is -2.41. The first-order valence-corrected chi connectivity index (χ1v) is 7.12. The van der Waals surface area contributed by atoms with Gasteiger partial charge in [-0.1, -0.05) is 13.8 Å². The highest BCUT2D eigenvalue weighted by atomic mass is 19.4. The average molecular weight is 297 g/mol. The van der Waals surface area contributed by atoms with Crippen LogP contribution in [0.25, 0.3) is 0 Å². The second kappa shape index (κ2) is 7.59. The quantitative estimate of drug-likeness (QED) is 0.765. The van der Waals surface area contributed by atoms with E-state index in [0.29, 0.717) is 32.1 Å². The molecule has 1 saturated heterocycles. The zero-order chi connectivity index (χ0) is 15.3. The minimum Gasteiger partial charge on any atom is -0.395 e. The molecule has 0 bridgehead atoms. The molecule has 0 aromatic carbocycles. The van der Waals surface area contributed by atoms with Crippen LogP contribution in [0.5, 0.6) is 0 Å². The highest BCUT2D eigenvalue weighted by Gasteiger charge is 2.34. The number of aliphatic hydroxyl groups is 1. The Labute approximate surface area is 118 Å². The van der Waals surface area contributed by atoms with Gasteiger partial charge in [-0.15, -0.1) is 0 Å². The monoisotopic (exact) mass is 297 g/mol. The third-order valence-corrected chi connectivity index (χ3v) is 3.70. The molecule has 0 spiro atoms. The highest BCUT2D eigenvalue weighted by molar-refractivity contribution is 4.86. The molecular weight excluding hydrogens is 271 g/mol. The zero-order valence-electron chi connectivity index (χ0n) is 12.2. The van der Waals surface area contributed by atoms with Crippen molar-refractivity contribution in [2.75, 3.05) is 39.3 Å². The average Bonchev–Trinajstić information content (AvgIpc) is 2.29. The van der Waals surface area contributed by atoms with Crippen LogP contribution in [0.15, 0.2) is 0 Å². The summed E-state index contributed by atoms with van der Waals surface area (Å²) in [7, 11) is 0. The van der Waals surface area contributed by atoms with Crippen molar-refractivity contribution in [3.8, 4) is 0 Å². The Morgan fingerprint density at radius 1 is 1.15 bits per heavy atom. The van der Waals surface area contributed by atoms with Gasteiger partial charge in [-0.2, -0.15) is 13.2 Å². The van der Waals surface area contributed by atoms with E-state index in [-0.39, 0.29) is 18.7 Å². The van der Waals surface area contributed by atoms with Crippen molar-refractivity contribution in [2.45, 2.75) is 38.5 Å². The van der Waals surface area contributed by atoms with Crippen LogP contribution in [0, 0.1) is 5.92 Å². The molecule has 0 saturated carbocycles. The summed E-state index contributed by atoms with van der Waals surface area (Å²) in [4.78, 5) is 3.42. The molecule has 0 radical (unpaired) electrons. The summed E-state index contributed by atoms with van der Waals surface area (Å²) in [5, 5.41) is 9.50. The van der Waals surface area contributed by atoms with E-state index < -0.39 is 12.7 Å². The molecule has 4 nitrogen and oxygen atoms in total. The normalized spacial score (nSPS) is 22.2. The first-order chi connectivity index (χ1) is 9.23. The Morgan fingerprint density at radius 2 is 1.70 bits per heavy atom. The van der Waals surface area contributed by atoms with Crippen molar-refractivity contribution in [3.05, 3.63) is 0 Å². The zero-order valence-corrected chi connectivity index (χ0v) is 12.2. The molecule has 0 aliphatic carbocycles. The summed E-state index contributed by atoms with van der Waals surface area (Å²) in [6.07, 6.45) is -3.35. The van der Waals surface area contributed by atoms with Gasteiger partial charge >= 0.3 is 6.18 Å². The topological polar surface area (TPSA) is 52.7 Å². The maximum atomic E-state index is 12.3. The molecule has 1 heterocycles. The number of nitrogens with two attached hydrogens (primary N) is 1. The molecular formula is C13H26F3N3O. The first-order valence-electron chi connectivity index (χ1n) is 7.12. The van der Waals surface area contributed by atoms with Crippen LogP contribution in [0.2, 0.25) is 0 Å². The highest BCUT2D eigenvalue weighted by Crippen LogP contribution is 2.19. The van der Waals surface area contributed by atoms with Crippen molar-refractivity contribution < 1.29 is 18.3 Å². The Bertz CT molecular complexity index is 279. The van der Waals surface area contributed by atoms with Crippen molar-refractivity contribution in [1.29, 1.82) is 0 Å². The van der Waals surface area contributed by atoms with Crippen LogP contribution in [0.3, 0.4) is 0 Å². The van der Waals surface area contributed by atoms with Crippen LogP contribution in [-0.2, 0) is 0 Å². The number of halogens is 3. The van der Waals surface area contributed by atoms with Gasteiger partial charge in [0.15, 0.2) is 0 Å². The van der Waals surface area contributed by atoms with Crippen molar-refractivity contribution in [3.63, 3.8) is 0 Å². The lowest BCUT2D eigenvalue weighted by molar-refractivity contribution is -0.150. The predicted molar refractivity (Wildman–Crippen MR) is 72.4 cm³/mol. The second-order valence-electron chi connectivity index (χ2n) is 5.97. The first kappa shape index (κ1) is 17.7. The Hall–Kier alpha value is -0.370. The van der Waals surface area contributed by atoms with Gasteiger partial charge in [0.1, 0.15) is 0 Å². The van der Waals surface area contributed by atoms with E-state index in [2.05, 4.69) is 13.8 Å². The summed E-state index contributed by atoms with van der Waals surface area (Å²) in [5.74, 6) is 0.436. The molecule has 3 N–H and O–H groups in total. The van der Waals surface area contributed by atoms with Gasteiger partial charge in [-0.3, -0.25) is 9.80 Å². The number of alkyl halides is 3. The predicted octanol–water partition coefficient (Wildman–Crippen LogP) is 0.901. The van der Waals surface area contributed by atoms with E-state index >= 15 is 0 Å². The Morgan fingerprint density at radius 3 is 2.10 bits per heavy atom. The van der Waals surface area contributed by atoms with E-state index in [1.165, 1.54) is 4.90 Å². The fraction of sp³-hybridized carbons (Fsp3) is 1.00. The molecule has 0 aromatic rings. The standard InChI is InChI=1S/C13H26F3N3O/c1-10(2)7-11(17)12(8-20)19-5-3-18(4-6-19)9-13(14,15)16/h10-12,20H,3-9,17H2,1-2H3. The molecule has 1 aliphatic heterocycles. The molecule has 0 amide bonds. The van der Waals surface area contributed by atoms with Gasteiger partial charge in [-0.05, 0) is 12.3 Å². The van der Waals surface area contributed by atoms with Crippen LogP contribution >= 0.6 is 0 Å². The third-order valence-electron chi connectivity index (χ3n) is 3.70. The number of hydrogen-bond acceptors (Lipinski definition) is 4. The van der Waals surface area contributed by atoms with E-state index in [1.807, 2.05) is 4.90 Å². The fourth-order valence-corrected chi connectivity index (χ4v) is 2.73.